The third-order valence-corrected chi connectivity index (χ3v) is 4.78. The lowest BCUT2D eigenvalue weighted by Gasteiger charge is -2.19. The van der Waals surface area contributed by atoms with E-state index in [2.05, 4.69) is 58.7 Å². The molecule has 0 radical (unpaired) electrons. The van der Waals surface area contributed by atoms with Crippen molar-refractivity contribution in [2.75, 3.05) is 13.7 Å². The molecule has 4 heteroatoms. The van der Waals surface area contributed by atoms with Crippen molar-refractivity contribution in [2.45, 2.75) is 19.9 Å². The molecule has 1 aromatic carbocycles. The molecule has 0 amide bonds. The SMILES string of the molecule is CCNC(c1ccc(OC)c(Br)c1)c1sccc1C. The first-order valence-electron chi connectivity index (χ1n) is 6.28. The van der Waals surface area contributed by atoms with Crippen molar-refractivity contribution in [1.29, 1.82) is 0 Å². The van der Waals surface area contributed by atoms with Gasteiger partial charge >= 0.3 is 0 Å². The number of methoxy groups -OCH3 is 1. The maximum Gasteiger partial charge on any atom is 0.133 e. The molecule has 0 fully saturated rings. The highest BCUT2D eigenvalue weighted by Crippen LogP contribution is 2.33. The number of benzene rings is 1. The van der Waals surface area contributed by atoms with Crippen LogP contribution in [0.3, 0.4) is 0 Å². The maximum atomic E-state index is 5.29. The van der Waals surface area contributed by atoms with E-state index in [9.17, 15) is 0 Å². The fraction of sp³-hybridized carbons (Fsp3) is 0.333. The number of rotatable bonds is 5. The van der Waals surface area contributed by atoms with Gasteiger partial charge in [0.2, 0.25) is 0 Å². The summed E-state index contributed by atoms with van der Waals surface area (Å²) < 4.78 is 6.28. The largest absolute Gasteiger partial charge is 0.496 e. The predicted octanol–water partition coefficient (Wildman–Crippen LogP) is 4.53. The Bertz CT molecular complexity index is 553. The third kappa shape index (κ3) is 3.19. The van der Waals surface area contributed by atoms with E-state index in [1.807, 2.05) is 6.07 Å². The summed E-state index contributed by atoms with van der Waals surface area (Å²) >= 11 is 5.36. The normalized spacial score (nSPS) is 12.4. The summed E-state index contributed by atoms with van der Waals surface area (Å²) in [5.74, 6) is 0.863. The van der Waals surface area contributed by atoms with Crippen LogP contribution in [0.2, 0.25) is 0 Å². The number of ether oxygens (including phenoxy) is 1. The molecule has 0 aliphatic heterocycles. The Morgan fingerprint density at radius 3 is 2.68 bits per heavy atom. The number of aryl methyl sites for hydroxylation is 1. The van der Waals surface area contributed by atoms with Gasteiger partial charge in [-0.2, -0.15) is 0 Å². The van der Waals surface area contributed by atoms with E-state index in [1.165, 1.54) is 16.0 Å². The Morgan fingerprint density at radius 2 is 2.16 bits per heavy atom. The number of nitrogens with one attached hydrogen (secondary N) is 1. The van der Waals surface area contributed by atoms with Crippen LogP contribution in [0.4, 0.5) is 0 Å². The van der Waals surface area contributed by atoms with E-state index in [-0.39, 0.29) is 6.04 Å². The molecule has 2 aromatic rings. The standard InChI is InChI=1S/C15H18BrNOS/c1-4-17-14(15-10(2)7-8-19-15)11-5-6-13(18-3)12(16)9-11/h5-9,14,17H,4H2,1-3H3. The van der Waals surface area contributed by atoms with Crippen LogP contribution in [0.1, 0.15) is 29.0 Å². The van der Waals surface area contributed by atoms with Crippen molar-refractivity contribution >= 4 is 27.3 Å². The van der Waals surface area contributed by atoms with Crippen LogP contribution in [0.15, 0.2) is 34.1 Å². The van der Waals surface area contributed by atoms with Crippen LogP contribution in [-0.2, 0) is 0 Å². The van der Waals surface area contributed by atoms with Gasteiger partial charge in [0.05, 0.1) is 17.6 Å². The molecule has 0 spiro atoms. The molecule has 1 unspecified atom stereocenters. The fourth-order valence-electron chi connectivity index (χ4n) is 2.11. The summed E-state index contributed by atoms with van der Waals surface area (Å²) in [4.78, 5) is 1.37. The van der Waals surface area contributed by atoms with Crippen molar-refractivity contribution < 1.29 is 4.74 Å². The smallest absolute Gasteiger partial charge is 0.133 e. The zero-order valence-corrected chi connectivity index (χ0v) is 13.8. The fourth-order valence-corrected chi connectivity index (χ4v) is 3.69. The highest BCUT2D eigenvalue weighted by molar-refractivity contribution is 9.10. The van der Waals surface area contributed by atoms with Gasteiger partial charge in [-0.3, -0.25) is 0 Å². The second-order valence-corrected chi connectivity index (χ2v) is 6.15. The predicted molar refractivity (Wildman–Crippen MR) is 85.3 cm³/mol. The van der Waals surface area contributed by atoms with Crippen molar-refractivity contribution in [3.63, 3.8) is 0 Å². The lowest BCUT2D eigenvalue weighted by atomic mass is 10.0. The topological polar surface area (TPSA) is 21.3 Å². The van der Waals surface area contributed by atoms with Crippen LogP contribution in [-0.4, -0.2) is 13.7 Å². The molecule has 2 rings (SSSR count). The van der Waals surface area contributed by atoms with Gasteiger partial charge in [0.1, 0.15) is 5.75 Å². The monoisotopic (exact) mass is 339 g/mol. The van der Waals surface area contributed by atoms with E-state index in [0.29, 0.717) is 0 Å². The van der Waals surface area contributed by atoms with Crippen LogP contribution >= 0.6 is 27.3 Å². The van der Waals surface area contributed by atoms with Crippen LogP contribution < -0.4 is 10.1 Å². The molecule has 0 saturated carbocycles. The van der Waals surface area contributed by atoms with Gasteiger partial charge in [-0.05, 0) is 64.1 Å². The molecule has 102 valence electrons. The summed E-state index contributed by atoms with van der Waals surface area (Å²) in [5.41, 5.74) is 2.59. The van der Waals surface area contributed by atoms with Gasteiger partial charge in [0, 0.05) is 4.88 Å². The van der Waals surface area contributed by atoms with Crippen molar-refractivity contribution in [2.24, 2.45) is 0 Å². The van der Waals surface area contributed by atoms with Gasteiger partial charge in [0.25, 0.3) is 0 Å². The van der Waals surface area contributed by atoms with E-state index in [0.717, 1.165) is 16.8 Å². The minimum absolute atomic E-state index is 0.243. The molecule has 0 bridgehead atoms. The summed E-state index contributed by atoms with van der Waals surface area (Å²) in [6.45, 7) is 5.23. The Kier molecular flexibility index (Phi) is 5.02. The zero-order chi connectivity index (χ0) is 13.8. The quantitative estimate of drug-likeness (QED) is 0.864. The maximum absolute atomic E-state index is 5.29. The van der Waals surface area contributed by atoms with Crippen molar-refractivity contribution in [3.8, 4) is 5.75 Å². The molecule has 19 heavy (non-hydrogen) atoms. The number of hydrogen-bond acceptors (Lipinski definition) is 3. The second kappa shape index (κ2) is 6.55. The first-order valence-corrected chi connectivity index (χ1v) is 7.95. The molecule has 0 aliphatic carbocycles. The van der Waals surface area contributed by atoms with Gasteiger partial charge in [-0.25, -0.2) is 0 Å². The van der Waals surface area contributed by atoms with E-state index in [4.69, 9.17) is 4.74 Å². The lowest BCUT2D eigenvalue weighted by Crippen LogP contribution is -2.21. The molecule has 1 aromatic heterocycles. The number of hydrogen-bond donors (Lipinski definition) is 1. The van der Waals surface area contributed by atoms with Crippen LogP contribution in [0, 0.1) is 6.92 Å². The van der Waals surface area contributed by atoms with Gasteiger partial charge in [-0.1, -0.05) is 13.0 Å². The van der Waals surface area contributed by atoms with Crippen molar-refractivity contribution in [3.05, 3.63) is 50.1 Å². The molecule has 0 aliphatic rings. The average molecular weight is 340 g/mol. The average Bonchev–Trinajstić information content (AvgIpc) is 2.82. The highest BCUT2D eigenvalue weighted by Gasteiger charge is 2.17. The van der Waals surface area contributed by atoms with Gasteiger partial charge < -0.3 is 10.1 Å². The Labute approximate surface area is 126 Å². The van der Waals surface area contributed by atoms with E-state index < -0.39 is 0 Å². The second-order valence-electron chi connectivity index (χ2n) is 4.35. The minimum atomic E-state index is 0.243. The number of thiophene rings is 1. The minimum Gasteiger partial charge on any atom is -0.496 e. The molecule has 1 atom stereocenters. The molecular formula is C15H18BrNOS. The molecule has 1 heterocycles. The van der Waals surface area contributed by atoms with Gasteiger partial charge in [-0.15, -0.1) is 11.3 Å². The Hall–Kier alpha value is -0.840. The molecule has 0 saturated heterocycles. The number of halogens is 1. The third-order valence-electron chi connectivity index (χ3n) is 3.08. The molecule has 1 N–H and O–H groups in total. The molecular weight excluding hydrogens is 322 g/mol. The summed E-state index contributed by atoms with van der Waals surface area (Å²) in [6, 6.07) is 8.67. The summed E-state index contributed by atoms with van der Waals surface area (Å²) in [6.07, 6.45) is 0. The summed E-state index contributed by atoms with van der Waals surface area (Å²) in [5, 5.41) is 5.70. The lowest BCUT2D eigenvalue weighted by molar-refractivity contribution is 0.412. The summed E-state index contributed by atoms with van der Waals surface area (Å²) in [7, 11) is 1.69. The Balaban J connectivity index is 2.39. The highest BCUT2D eigenvalue weighted by atomic mass is 79.9. The van der Waals surface area contributed by atoms with Crippen LogP contribution in [0.5, 0.6) is 5.75 Å². The van der Waals surface area contributed by atoms with Crippen molar-refractivity contribution in [1.82, 2.24) is 5.32 Å². The Morgan fingerprint density at radius 1 is 1.37 bits per heavy atom. The van der Waals surface area contributed by atoms with Crippen LogP contribution in [0.25, 0.3) is 0 Å². The van der Waals surface area contributed by atoms with E-state index in [1.54, 1.807) is 18.4 Å². The first kappa shape index (κ1) is 14.6. The molecule has 2 nitrogen and oxygen atoms in total. The zero-order valence-electron chi connectivity index (χ0n) is 11.4. The first-order chi connectivity index (χ1) is 9.17. The van der Waals surface area contributed by atoms with Gasteiger partial charge in [0.15, 0.2) is 0 Å². The van der Waals surface area contributed by atoms with E-state index >= 15 is 0 Å².